The molecule has 0 bridgehead atoms. The fourth-order valence-corrected chi connectivity index (χ4v) is 2.07. The zero-order valence-electron chi connectivity index (χ0n) is 8.90. The molecule has 2 nitrogen and oxygen atoms in total. The first-order valence-electron chi connectivity index (χ1n) is 5.05. The van der Waals surface area contributed by atoms with Crippen LogP contribution >= 0.6 is 11.6 Å². The van der Waals surface area contributed by atoms with Gasteiger partial charge in [-0.05, 0) is 37.0 Å². The average molecular weight is 224 g/mol. The third kappa shape index (κ3) is 2.32. The number of rotatable bonds is 3. The first-order valence-corrected chi connectivity index (χ1v) is 5.43. The number of nitrogens with zero attached hydrogens (tertiary/aromatic N) is 1. The van der Waals surface area contributed by atoms with Crippen molar-refractivity contribution in [2.45, 2.75) is 19.3 Å². The molecule has 0 N–H and O–H groups in total. The SMILES string of the molecule is CON=C(C)[C@@H]1C[C@@H]1c1ccc(Cl)cc1. The van der Waals surface area contributed by atoms with E-state index >= 15 is 0 Å². The second-order valence-corrected chi connectivity index (χ2v) is 4.35. The summed E-state index contributed by atoms with van der Waals surface area (Å²) in [6.45, 7) is 2.02. The van der Waals surface area contributed by atoms with Crippen LogP contribution in [0, 0.1) is 5.92 Å². The molecule has 1 aliphatic rings. The van der Waals surface area contributed by atoms with Crippen LogP contribution in [0.5, 0.6) is 0 Å². The molecular formula is C12H14ClNO. The minimum atomic E-state index is 0.547. The van der Waals surface area contributed by atoms with Crippen molar-refractivity contribution < 1.29 is 4.84 Å². The molecule has 0 heterocycles. The molecule has 0 saturated heterocycles. The van der Waals surface area contributed by atoms with Crippen LogP contribution < -0.4 is 0 Å². The maximum atomic E-state index is 5.84. The number of benzene rings is 1. The van der Waals surface area contributed by atoms with Crippen molar-refractivity contribution in [3.05, 3.63) is 34.9 Å². The van der Waals surface area contributed by atoms with Gasteiger partial charge in [0.1, 0.15) is 7.11 Å². The summed E-state index contributed by atoms with van der Waals surface area (Å²) in [5.41, 5.74) is 2.42. The van der Waals surface area contributed by atoms with Gasteiger partial charge in [-0.1, -0.05) is 28.9 Å². The number of hydrogen-bond donors (Lipinski definition) is 0. The lowest BCUT2D eigenvalue weighted by Crippen LogP contribution is -1.97. The lowest BCUT2D eigenvalue weighted by atomic mass is 10.1. The summed E-state index contributed by atoms with van der Waals surface area (Å²) in [5.74, 6) is 1.15. The minimum Gasteiger partial charge on any atom is -0.399 e. The van der Waals surface area contributed by atoms with Gasteiger partial charge in [-0.2, -0.15) is 0 Å². The molecule has 15 heavy (non-hydrogen) atoms. The second kappa shape index (κ2) is 4.23. The van der Waals surface area contributed by atoms with Crippen LogP contribution in [0.2, 0.25) is 5.02 Å². The zero-order chi connectivity index (χ0) is 10.8. The normalized spacial score (nSPS) is 25.1. The number of hydrogen-bond acceptors (Lipinski definition) is 2. The summed E-state index contributed by atoms with van der Waals surface area (Å²) in [5, 5.41) is 4.76. The summed E-state index contributed by atoms with van der Waals surface area (Å²) in [6.07, 6.45) is 1.17. The van der Waals surface area contributed by atoms with Gasteiger partial charge in [0.25, 0.3) is 0 Å². The zero-order valence-corrected chi connectivity index (χ0v) is 9.66. The maximum absolute atomic E-state index is 5.84. The predicted octanol–water partition coefficient (Wildman–Crippen LogP) is 3.47. The summed E-state index contributed by atoms with van der Waals surface area (Å²) in [6, 6.07) is 8.06. The lowest BCUT2D eigenvalue weighted by molar-refractivity contribution is 0.212. The second-order valence-electron chi connectivity index (χ2n) is 3.92. The lowest BCUT2D eigenvalue weighted by Gasteiger charge is -2.00. The highest BCUT2D eigenvalue weighted by molar-refractivity contribution is 6.30. The summed E-state index contributed by atoms with van der Waals surface area (Å²) in [7, 11) is 1.59. The maximum Gasteiger partial charge on any atom is 0.106 e. The van der Waals surface area contributed by atoms with Gasteiger partial charge in [-0.3, -0.25) is 0 Å². The minimum absolute atomic E-state index is 0.547. The van der Waals surface area contributed by atoms with Gasteiger partial charge in [0.15, 0.2) is 0 Å². The van der Waals surface area contributed by atoms with E-state index in [9.17, 15) is 0 Å². The predicted molar refractivity (Wildman–Crippen MR) is 62.4 cm³/mol. The Morgan fingerprint density at radius 3 is 2.67 bits per heavy atom. The molecule has 1 aromatic rings. The van der Waals surface area contributed by atoms with Crippen LogP contribution in [0.4, 0.5) is 0 Å². The van der Waals surface area contributed by atoms with Crippen LogP contribution in [0.3, 0.4) is 0 Å². The molecule has 1 aromatic carbocycles. The first kappa shape index (κ1) is 10.5. The highest BCUT2D eigenvalue weighted by Gasteiger charge is 2.40. The first-order chi connectivity index (χ1) is 7.22. The van der Waals surface area contributed by atoms with Gasteiger partial charge in [0.2, 0.25) is 0 Å². The Kier molecular flexibility index (Phi) is 2.96. The van der Waals surface area contributed by atoms with Crippen molar-refractivity contribution in [2.24, 2.45) is 11.1 Å². The van der Waals surface area contributed by atoms with Crippen LogP contribution in [0.25, 0.3) is 0 Å². The molecule has 1 fully saturated rings. The molecule has 1 saturated carbocycles. The standard InChI is InChI=1S/C12H14ClNO/c1-8(14-15-2)11-7-12(11)9-3-5-10(13)6-4-9/h3-6,11-12H,7H2,1-2H3/t11-,12+/m0/s1. The Morgan fingerprint density at radius 2 is 2.07 bits per heavy atom. The highest BCUT2D eigenvalue weighted by atomic mass is 35.5. The van der Waals surface area contributed by atoms with E-state index in [1.807, 2.05) is 19.1 Å². The Morgan fingerprint density at radius 1 is 1.40 bits per heavy atom. The smallest absolute Gasteiger partial charge is 0.106 e. The van der Waals surface area contributed by atoms with Crippen LogP contribution in [-0.4, -0.2) is 12.8 Å². The molecule has 2 atom stereocenters. The van der Waals surface area contributed by atoms with Gasteiger partial charge < -0.3 is 4.84 Å². The third-order valence-electron chi connectivity index (χ3n) is 2.86. The quantitative estimate of drug-likeness (QED) is 0.568. The molecule has 0 unspecified atom stereocenters. The number of oxime groups is 1. The van der Waals surface area contributed by atoms with Crippen LogP contribution in [-0.2, 0) is 4.84 Å². The van der Waals surface area contributed by atoms with E-state index in [1.54, 1.807) is 7.11 Å². The largest absolute Gasteiger partial charge is 0.399 e. The fourth-order valence-electron chi connectivity index (χ4n) is 1.95. The summed E-state index contributed by atoms with van der Waals surface area (Å²) < 4.78 is 0. The summed E-state index contributed by atoms with van der Waals surface area (Å²) >= 11 is 5.84. The van der Waals surface area contributed by atoms with Crippen molar-refractivity contribution >= 4 is 17.3 Å². The van der Waals surface area contributed by atoms with Gasteiger partial charge >= 0.3 is 0 Å². The van der Waals surface area contributed by atoms with E-state index in [-0.39, 0.29) is 0 Å². The molecule has 3 heteroatoms. The van der Waals surface area contributed by atoms with Crippen molar-refractivity contribution in [3.63, 3.8) is 0 Å². The third-order valence-corrected chi connectivity index (χ3v) is 3.11. The average Bonchev–Trinajstić information content (AvgIpc) is 2.99. The van der Waals surface area contributed by atoms with E-state index in [4.69, 9.17) is 16.4 Å². The van der Waals surface area contributed by atoms with E-state index in [2.05, 4.69) is 17.3 Å². The van der Waals surface area contributed by atoms with E-state index in [0.29, 0.717) is 11.8 Å². The molecule has 0 spiro atoms. The topological polar surface area (TPSA) is 21.6 Å². The molecule has 80 valence electrons. The molecule has 2 rings (SSSR count). The molecule has 0 aromatic heterocycles. The molecule has 0 aliphatic heterocycles. The van der Waals surface area contributed by atoms with E-state index in [0.717, 1.165) is 10.7 Å². The Labute approximate surface area is 94.9 Å². The number of halogens is 1. The highest BCUT2D eigenvalue weighted by Crippen LogP contribution is 2.48. The fraction of sp³-hybridized carbons (Fsp3) is 0.417. The van der Waals surface area contributed by atoms with Crippen molar-refractivity contribution in [3.8, 4) is 0 Å². The van der Waals surface area contributed by atoms with Crippen molar-refractivity contribution in [1.29, 1.82) is 0 Å². The Bertz CT molecular complexity index is 372. The van der Waals surface area contributed by atoms with Crippen LogP contribution in [0.15, 0.2) is 29.4 Å². The molecular weight excluding hydrogens is 210 g/mol. The van der Waals surface area contributed by atoms with Gasteiger partial charge in [-0.25, -0.2) is 0 Å². The molecule has 0 amide bonds. The monoisotopic (exact) mass is 223 g/mol. The molecule has 0 radical (unpaired) electrons. The summed E-state index contributed by atoms with van der Waals surface area (Å²) in [4.78, 5) is 4.78. The van der Waals surface area contributed by atoms with Crippen molar-refractivity contribution in [1.82, 2.24) is 0 Å². The molecule has 1 aliphatic carbocycles. The van der Waals surface area contributed by atoms with Gasteiger partial charge in [0.05, 0.1) is 5.71 Å². The Hall–Kier alpha value is -1.02. The van der Waals surface area contributed by atoms with E-state index in [1.165, 1.54) is 12.0 Å². The Balaban J connectivity index is 2.05. The van der Waals surface area contributed by atoms with Crippen molar-refractivity contribution in [2.75, 3.05) is 7.11 Å². The van der Waals surface area contributed by atoms with Crippen LogP contribution in [0.1, 0.15) is 24.8 Å². The van der Waals surface area contributed by atoms with E-state index < -0.39 is 0 Å². The van der Waals surface area contributed by atoms with Gasteiger partial charge in [-0.15, -0.1) is 0 Å². The van der Waals surface area contributed by atoms with Gasteiger partial charge in [0, 0.05) is 10.9 Å².